The van der Waals surface area contributed by atoms with E-state index in [0.717, 1.165) is 67.0 Å². The summed E-state index contributed by atoms with van der Waals surface area (Å²) < 4.78 is 0. The highest BCUT2D eigenvalue weighted by Gasteiger charge is 2.21. The SMILES string of the molecule is CCN(CC)c1nc(N2CCN(c3cccc(Cl)c3)CC2)nc2ccccc12. The van der Waals surface area contributed by atoms with Crippen molar-refractivity contribution in [2.24, 2.45) is 0 Å². The van der Waals surface area contributed by atoms with Gasteiger partial charge in [0, 0.05) is 55.4 Å². The highest BCUT2D eigenvalue weighted by atomic mass is 35.5. The van der Waals surface area contributed by atoms with E-state index >= 15 is 0 Å². The van der Waals surface area contributed by atoms with E-state index in [-0.39, 0.29) is 0 Å². The Hall–Kier alpha value is -2.53. The second kappa shape index (κ2) is 8.23. The van der Waals surface area contributed by atoms with E-state index in [1.54, 1.807) is 0 Å². The number of nitrogens with zero attached hydrogens (tertiary/aromatic N) is 5. The molecule has 1 aliphatic heterocycles. The van der Waals surface area contributed by atoms with Gasteiger partial charge in [-0.1, -0.05) is 29.8 Å². The first-order valence-corrected chi connectivity index (χ1v) is 10.3. The summed E-state index contributed by atoms with van der Waals surface area (Å²) in [7, 11) is 0. The van der Waals surface area contributed by atoms with Gasteiger partial charge < -0.3 is 14.7 Å². The van der Waals surface area contributed by atoms with Crippen molar-refractivity contribution >= 4 is 40.0 Å². The molecule has 0 N–H and O–H groups in total. The highest BCUT2D eigenvalue weighted by Crippen LogP contribution is 2.28. The lowest BCUT2D eigenvalue weighted by molar-refractivity contribution is 0.640. The number of hydrogen-bond acceptors (Lipinski definition) is 5. The molecule has 0 bridgehead atoms. The molecule has 0 saturated carbocycles. The molecule has 4 rings (SSSR count). The molecule has 0 spiro atoms. The van der Waals surface area contributed by atoms with Crippen LogP contribution in [0.15, 0.2) is 48.5 Å². The van der Waals surface area contributed by atoms with Gasteiger partial charge in [0.2, 0.25) is 5.95 Å². The maximum absolute atomic E-state index is 6.16. The molecule has 146 valence electrons. The van der Waals surface area contributed by atoms with E-state index < -0.39 is 0 Å². The van der Waals surface area contributed by atoms with Gasteiger partial charge in [-0.2, -0.15) is 4.98 Å². The zero-order chi connectivity index (χ0) is 19.5. The first kappa shape index (κ1) is 18.8. The number of para-hydroxylation sites is 1. The molecule has 5 nitrogen and oxygen atoms in total. The molecule has 0 atom stereocenters. The number of halogens is 1. The Morgan fingerprint density at radius 3 is 2.32 bits per heavy atom. The third-order valence-electron chi connectivity index (χ3n) is 5.37. The lowest BCUT2D eigenvalue weighted by Crippen LogP contribution is -2.47. The van der Waals surface area contributed by atoms with Crippen LogP contribution in [0.25, 0.3) is 10.9 Å². The van der Waals surface area contributed by atoms with Gasteiger partial charge >= 0.3 is 0 Å². The summed E-state index contributed by atoms with van der Waals surface area (Å²) in [6.07, 6.45) is 0. The molecule has 6 heteroatoms. The summed E-state index contributed by atoms with van der Waals surface area (Å²) in [6.45, 7) is 9.84. The van der Waals surface area contributed by atoms with Gasteiger partial charge in [-0.3, -0.25) is 0 Å². The van der Waals surface area contributed by atoms with Crippen LogP contribution in [0.5, 0.6) is 0 Å². The van der Waals surface area contributed by atoms with Gasteiger partial charge in [0.1, 0.15) is 5.82 Å². The molecule has 0 aliphatic carbocycles. The topological polar surface area (TPSA) is 35.5 Å². The molecule has 2 heterocycles. The Labute approximate surface area is 171 Å². The summed E-state index contributed by atoms with van der Waals surface area (Å²) in [5.41, 5.74) is 2.18. The summed E-state index contributed by atoms with van der Waals surface area (Å²) in [5.74, 6) is 1.86. The highest BCUT2D eigenvalue weighted by molar-refractivity contribution is 6.30. The Bertz CT molecular complexity index is 949. The van der Waals surface area contributed by atoms with Crippen LogP contribution in [0.1, 0.15) is 13.8 Å². The van der Waals surface area contributed by atoms with Crippen LogP contribution in [0.4, 0.5) is 17.5 Å². The van der Waals surface area contributed by atoms with Crippen LogP contribution in [-0.4, -0.2) is 49.2 Å². The van der Waals surface area contributed by atoms with Crippen LogP contribution in [0.2, 0.25) is 5.02 Å². The van der Waals surface area contributed by atoms with Crippen molar-refractivity contribution in [1.29, 1.82) is 0 Å². The van der Waals surface area contributed by atoms with E-state index in [9.17, 15) is 0 Å². The lowest BCUT2D eigenvalue weighted by Gasteiger charge is -2.36. The van der Waals surface area contributed by atoms with Crippen molar-refractivity contribution in [2.45, 2.75) is 13.8 Å². The normalized spacial score (nSPS) is 14.5. The van der Waals surface area contributed by atoms with Crippen molar-refractivity contribution in [3.63, 3.8) is 0 Å². The summed E-state index contributed by atoms with van der Waals surface area (Å²) in [6, 6.07) is 16.4. The average Bonchev–Trinajstić information content (AvgIpc) is 2.74. The third-order valence-corrected chi connectivity index (χ3v) is 5.61. The number of aromatic nitrogens is 2. The molecular weight excluding hydrogens is 370 g/mol. The predicted octanol–water partition coefficient (Wildman–Crippen LogP) is 4.46. The van der Waals surface area contributed by atoms with Gasteiger partial charge in [0.25, 0.3) is 0 Å². The van der Waals surface area contributed by atoms with Crippen molar-refractivity contribution < 1.29 is 0 Å². The standard InChI is InChI=1S/C22H26ClN5/c1-3-26(4-2)21-19-10-5-6-11-20(19)24-22(25-21)28-14-12-27(13-15-28)18-9-7-8-17(23)16-18/h5-11,16H,3-4,12-15H2,1-2H3. The smallest absolute Gasteiger partial charge is 0.228 e. The molecule has 0 unspecified atom stereocenters. The number of rotatable bonds is 5. The minimum atomic E-state index is 0.779. The van der Waals surface area contributed by atoms with Crippen LogP contribution in [0, 0.1) is 0 Å². The van der Waals surface area contributed by atoms with Gasteiger partial charge in [0.15, 0.2) is 0 Å². The molecule has 0 radical (unpaired) electrons. The zero-order valence-electron chi connectivity index (χ0n) is 16.5. The second-order valence-corrected chi connectivity index (χ2v) is 7.43. The molecule has 1 aromatic heterocycles. The molecular formula is C22H26ClN5. The maximum Gasteiger partial charge on any atom is 0.228 e. The van der Waals surface area contributed by atoms with Gasteiger partial charge in [-0.05, 0) is 44.2 Å². The fourth-order valence-corrected chi connectivity index (χ4v) is 3.98. The second-order valence-electron chi connectivity index (χ2n) is 6.99. The molecule has 2 aromatic carbocycles. The minimum Gasteiger partial charge on any atom is -0.368 e. The molecule has 28 heavy (non-hydrogen) atoms. The molecule has 0 amide bonds. The predicted molar refractivity (Wildman–Crippen MR) is 119 cm³/mol. The fraction of sp³-hybridized carbons (Fsp3) is 0.364. The Morgan fingerprint density at radius 2 is 1.61 bits per heavy atom. The molecule has 3 aromatic rings. The van der Waals surface area contributed by atoms with E-state index in [0.29, 0.717) is 0 Å². The molecule has 1 aliphatic rings. The first-order chi connectivity index (χ1) is 13.7. The van der Waals surface area contributed by atoms with Crippen LogP contribution in [-0.2, 0) is 0 Å². The lowest BCUT2D eigenvalue weighted by atomic mass is 10.2. The van der Waals surface area contributed by atoms with Crippen molar-refractivity contribution in [3.8, 4) is 0 Å². The maximum atomic E-state index is 6.16. The molecule has 1 fully saturated rings. The average molecular weight is 396 g/mol. The van der Waals surface area contributed by atoms with E-state index in [2.05, 4.69) is 52.8 Å². The summed E-state index contributed by atoms with van der Waals surface area (Å²) in [5, 5.41) is 1.90. The molecule has 1 saturated heterocycles. The fourth-order valence-electron chi connectivity index (χ4n) is 3.79. The Balaban J connectivity index is 1.60. The van der Waals surface area contributed by atoms with Crippen LogP contribution < -0.4 is 14.7 Å². The minimum absolute atomic E-state index is 0.779. The summed E-state index contributed by atoms with van der Waals surface area (Å²) >= 11 is 6.16. The Morgan fingerprint density at radius 1 is 0.893 bits per heavy atom. The number of anilines is 3. The van der Waals surface area contributed by atoms with Crippen LogP contribution >= 0.6 is 11.6 Å². The third kappa shape index (κ3) is 3.72. The van der Waals surface area contributed by atoms with Crippen LogP contribution in [0.3, 0.4) is 0 Å². The van der Waals surface area contributed by atoms with E-state index in [1.807, 2.05) is 24.3 Å². The number of hydrogen-bond donors (Lipinski definition) is 0. The van der Waals surface area contributed by atoms with Gasteiger partial charge in [-0.15, -0.1) is 0 Å². The number of fused-ring (bicyclic) bond motifs is 1. The largest absolute Gasteiger partial charge is 0.368 e. The quantitative estimate of drug-likeness (QED) is 0.637. The van der Waals surface area contributed by atoms with Gasteiger partial charge in [0.05, 0.1) is 5.52 Å². The zero-order valence-corrected chi connectivity index (χ0v) is 17.2. The van der Waals surface area contributed by atoms with Crippen molar-refractivity contribution in [3.05, 3.63) is 53.6 Å². The van der Waals surface area contributed by atoms with Gasteiger partial charge in [-0.25, -0.2) is 4.98 Å². The first-order valence-electron chi connectivity index (χ1n) is 9.96. The van der Waals surface area contributed by atoms with E-state index in [4.69, 9.17) is 21.6 Å². The monoisotopic (exact) mass is 395 g/mol. The van der Waals surface area contributed by atoms with E-state index in [1.165, 1.54) is 5.69 Å². The van der Waals surface area contributed by atoms with Crippen molar-refractivity contribution in [1.82, 2.24) is 9.97 Å². The summed E-state index contributed by atoms with van der Waals surface area (Å²) in [4.78, 5) is 16.8. The number of benzene rings is 2. The van der Waals surface area contributed by atoms with Crippen molar-refractivity contribution in [2.75, 3.05) is 54.0 Å². The Kier molecular flexibility index (Phi) is 5.53. The number of piperazine rings is 1.